The molecule has 0 aromatic heterocycles. The van der Waals surface area contributed by atoms with Crippen molar-refractivity contribution in [3.8, 4) is 0 Å². The molecule has 1 aliphatic heterocycles. The molecule has 1 saturated heterocycles. The van der Waals surface area contributed by atoms with Gasteiger partial charge in [-0.15, -0.1) is 0 Å². The highest BCUT2D eigenvalue weighted by atomic mass is 35.5. The lowest BCUT2D eigenvalue weighted by atomic mass is 9.84. The molecule has 0 atom stereocenters. The average molecular weight is 370 g/mol. The second kappa shape index (κ2) is 8.75. The minimum Gasteiger partial charge on any atom is -0.368 e. The summed E-state index contributed by atoms with van der Waals surface area (Å²) in [7, 11) is 2.09. The highest BCUT2D eigenvalue weighted by Gasteiger charge is 2.23. The molecule has 1 aromatic rings. The Morgan fingerprint density at radius 3 is 2.42 bits per heavy atom. The number of halogens is 2. The van der Waals surface area contributed by atoms with E-state index < -0.39 is 0 Å². The molecule has 1 aliphatic carbocycles. The second-order valence-electron chi connectivity index (χ2n) is 7.20. The largest absolute Gasteiger partial charge is 0.368 e. The average Bonchev–Trinajstić information content (AvgIpc) is 2.63. The predicted octanol–water partition coefficient (Wildman–Crippen LogP) is 4.28. The summed E-state index contributed by atoms with van der Waals surface area (Å²) in [4.78, 5) is 4.97. The Kier molecular flexibility index (Phi) is 6.68. The van der Waals surface area contributed by atoms with E-state index in [1.165, 1.54) is 38.6 Å². The zero-order valence-electron chi connectivity index (χ0n) is 14.6. The van der Waals surface area contributed by atoms with E-state index in [-0.39, 0.29) is 0 Å². The van der Waals surface area contributed by atoms with Gasteiger partial charge in [0.05, 0.1) is 15.7 Å². The fourth-order valence-electron chi connectivity index (χ4n) is 4.05. The molecule has 0 radical (unpaired) electrons. The van der Waals surface area contributed by atoms with Gasteiger partial charge in [0.2, 0.25) is 0 Å². The van der Waals surface area contributed by atoms with E-state index >= 15 is 0 Å². The minimum atomic E-state index is 0.647. The van der Waals surface area contributed by atoms with E-state index in [9.17, 15) is 0 Å². The van der Waals surface area contributed by atoms with Crippen molar-refractivity contribution in [3.63, 3.8) is 0 Å². The van der Waals surface area contributed by atoms with E-state index in [0.29, 0.717) is 10.0 Å². The van der Waals surface area contributed by atoms with Gasteiger partial charge >= 0.3 is 0 Å². The molecule has 1 heterocycles. The van der Waals surface area contributed by atoms with Crippen LogP contribution >= 0.6 is 23.2 Å². The van der Waals surface area contributed by atoms with Crippen molar-refractivity contribution in [2.75, 3.05) is 44.7 Å². The number of piperazine rings is 1. The molecular formula is C19H29Cl2N3. The monoisotopic (exact) mass is 369 g/mol. The highest BCUT2D eigenvalue weighted by molar-refractivity contribution is 6.43. The number of hydrogen-bond donors (Lipinski definition) is 1. The van der Waals surface area contributed by atoms with E-state index in [0.717, 1.165) is 43.8 Å². The lowest BCUT2D eigenvalue weighted by molar-refractivity contribution is 0.212. The maximum Gasteiger partial charge on any atom is 0.0825 e. The topological polar surface area (TPSA) is 18.5 Å². The number of anilines is 1. The van der Waals surface area contributed by atoms with Crippen molar-refractivity contribution in [3.05, 3.63) is 28.2 Å². The fraction of sp³-hybridized carbons (Fsp3) is 0.684. The summed E-state index contributed by atoms with van der Waals surface area (Å²) in [6.07, 6.45) is 6.84. The quantitative estimate of drug-likeness (QED) is 0.835. The first-order valence-corrected chi connectivity index (χ1v) is 10.0. The van der Waals surface area contributed by atoms with E-state index in [1.807, 2.05) is 12.1 Å². The normalized spacial score (nSPS) is 25.9. The molecule has 5 heteroatoms. The number of benzene rings is 1. The van der Waals surface area contributed by atoms with Gasteiger partial charge in [-0.2, -0.15) is 0 Å². The predicted molar refractivity (Wildman–Crippen MR) is 105 cm³/mol. The van der Waals surface area contributed by atoms with Crippen molar-refractivity contribution < 1.29 is 0 Å². The van der Waals surface area contributed by atoms with Crippen molar-refractivity contribution >= 4 is 28.9 Å². The molecule has 24 heavy (non-hydrogen) atoms. The van der Waals surface area contributed by atoms with Gasteiger partial charge in [-0.25, -0.2) is 0 Å². The SMILES string of the molecule is CN[C@H]1CC[C@H](CCN2CCN(c3cccc(Cl)c3Cl)CC2)CC1. The van der Waals surface area contributed by atoms with Crippen molar-refractivity contribution in [1.82, 2.24) is 10.2 Å². The van der Waals surface area contributed by atoms with Crippen LogP contribution in [0.3, 0.4) is 0 Å². The Hall–Kier alpha value is -0.480. The molecule has 1 saturated carbocycles. The van der Waals surface area contributed by atoms with Crippen molar-refractivity contribution in [2.45, 2.75) is 38.1 Å². The zero-order chi connectivity index (χ0) is 16.9. The molecule has 0 unspecified atom stereocenters. The summed E-state index contributed by atoms with van der Waals surface area (Å²) >= 11 is 12.5. The van der Waals surface area contributed by atoms with Gasteiger partial charge in [0.15, 0.2) is 0 Å². The Bertz CT molecular complexity index is 521. The third-order valence-electron chi connectivity index (χ3n) is 5.75. The molecule has 3 nitrogen and oxygen atoms in total. The molecule has 0 bridgehead atoms. The molecule has 2 fully saturated rings. The summed E-state index contributed by atoms with van der Waals surface area (Å²) in [6, 6.07) is 6.67. The first-order chi connectivity index (χ1) is 11.7. The summed E-state index contributed by atoms with van der Waals surface area (Å²) in [5.74, 6) is 0.926. The van der Waals surface area contributed by atoms with Crippen molar-refractivity contribution in [1.29, 1.82) is 0 Å². The van der Waals surface area contributed by atoms with Gasteiger partial charge in [-0.1, -0.05) is 29.3 Å². The Labute approximate surface area is 156 Å². The molecule has 0 spiro atoms. The first-order valence-electron chi connectivity index (χ1n) is 9.26. The zero-order valence-corrected chi connectivity index (χ0v) is 16.1. The first kappa shape index (κ1) is 18.3. The van der Waals surface area contributed by atoms with Crippen LogP contribution in [-0.2, 0) is 0 Å². The molecule has 2 aliphatic rings. The fourth-order valence-corrected chi connectivity index (χ4v) is 4.47. The third-order valence-corrected chi connectivity index (χ3v) is 6.56. The third kappa shape index (κ3) is 4.57. The van der Waals surface area contributed by atoms with Crippen LogP contribution in [0.1, 0.15) is 32.1 Å². The Morgan fingerprint density at radius 1 is 1.04 bits per heavy atom. The van der Waals surface area contributed by atoms with Crippen LogP contribution < -0.4 is 10.2 Å². The van der Waals surface area contributed by atoms with E-state index in [1.54, 1.807) is 0 Å². The molecular weight excluding hydrogens is 341 g/mol. The van der Waals surface area contributed by atoms with Crippen LogP contribution in [0.5, 0.6) is 0 Å². The standard InChI is InChI=1S/C19H29Cl2N3/c1-22-16-7-5-15(6-8-16)9-10-23-11-13-24(14-12-23)18-4-2-3-17(20)19(18)21/h2-4,15-16,22H,5-14H2,1H3/t15-,16-. The highest BCUT2D eigenvalue weighted by Crippen LogP contribution is 2.33. The second-order valence-corrected chi connectivity index (χ2v) is 7.98. The van der Waals surface area contributed by atoms with Gasteiger partial charge in [0.1, 0.15) is 0 Å². The summed E-state index contributed by atoms with van der Waals surface area (Å²) in [6.45, 7) is 5.55. The Morgan fingerprint density at radius 2 is 1.75 bits per heavy atom. The lowest BCUT2D eigenvalue weighted by Crippen LogP contribution is -2.47. The Balaban J connectivity index is 1.42. The van der Waals surface area contributed by atoms with Gasteiger partial charge in [-0.3, -0.25) is 4.90 Å². The summed E-state index contributed by atoms with van der Waals surface area (Å²) in [5, 5.41) is 4.76. The number of nitrogens with zero attached hydrogens (tertiary/aromatic N) is 2. The molecule has 1 aromatic carbocycles. The molecule has 1 N–H and O–H groups in total. The number of hydrogen-bond acceptors (Lipinski definition) is 3. The van der Waals surface area contributed by atoms with Gasteiger partial charge in [-0.05, 0) is 63.7 Å². The minimum absolute atomic E-state index is 0.647. The summed E-state index contributed by atoms with van der Waals surface area (Å²) < 4.78 is 0. The molecule has 134 valence electrons. The van der Waals surface area contributed by atoms with Crippen LogP contribution in [0, 0.1) is 5.92 Å². The number of rotatable bonds is 5. The van der Waals surface area contributed by atoms with Crippen LogP contribution in [0.2, 0.25) is 10.0 Å². The van der Waals surface area contributed by atoms with Gasteiger partial charge in [0.25, 0.3) is 0 Å². The maximum absolute atomic E-state index is 6.36. The summed E-state index contributed by atoms with van der Waals surface area (Å²) in [5.41, 5.74) is 1.08. The van der Waals surface area contributed by atoms with E-state index in [4.69, 9.17) is 23.2 Å². The van der Waals surface area contributed by atoms with Crippen LogP contribution in [0.25, 0.3) is 0 Å². The van der Waals surface area contributed by atoms with Crippen molar-refractivity contribution in [2.24, 2.45) is 5.92 Å². The van der Waals surface area contributed by atoms with Crippen LogP contribution in [0.15, 0.2) is 18.2 Å². The number of nitrogens with one attached hydrogen (secondary N) is 1. The maximum atomic E-state index is 6.36. The van der Waals surface area contributed by atoms with Gasteiger partial charge in [0, 0.05) is 32.2 Å². The van der Waals surface area contributed by atoms with Gasteiger partial charge < -0.3 is 10.2 Å². The van der Waals surface area contributed by atoms with Crippen LogP contribution in [0.4, 0.5) is 5.69 Å². The molecule has 3 rings (SSSR count). The van der Waals surface area contributed by atoms with E-state index in [2.05, 4.69) is 28.2 Å². The molecule has 0 amide bonds. The van der Waals surface area contributed by atoms with Crippen LogP contribution in [-0.4, -0.2) is 50.7 Å². The lowest BCUT2D eigenvalue weighted by Gasteiger charge is -2.37. The smallest absolute Gasteiger partial charge is 0.0825 e.